The zero-order valence-corrected chi connectivity index (χ0v) is 21.4. The number of carbonyl (C=O) groups is 3. The second kappa shape index (κ2) is 11.3. The molecule has 0 unspecified atom stereocenters. The fraction of sp³-hybridized carbons (Fsp3) is 0.346. The first-order valence-electron chi connectivity index (χ1n) is 11.7. The maximum Gasteiger partial charge on any atom is 0.417 e. The summed E-state index contributed by atoms with van der Waals surface area (Å²) in [6.45, 7) is 3.13. The highest BCUT2D eigenvalue weighted by molar-refractivity contribution is 7.81. The molecule has 0 bridgehead atoms. The standard InChI is InChI=1S/C26H24F4N4O3S/c1-25(2)23(37)33(17-11-10-16(15-31)19(14-17)26(28,29)30)24(38)34(25)20-9-7-8-18(21(20)27)22(36)32-12-5-3-4-6-13-35/h7-11,13-14H,3-6,12H2,1-2H3,(H,32,36). The van der Waals surface area contributed by atoms with E-state index >= 15 is 4.39 Å². The largest absolute Gasteiger partial charge is 0.417 e. The quantitative estimate of drug-likeness (QED) is 0.202. The number of nitrogens with one attached hydrogen (secondary N) is 1. The average molecular weight is 549 g/mol. The summed E-state index contributed by atoms with van der Waals surface area (Å²) >= 11 is 5.43. The van der Waals surface area contributed by atoms with Gasteiger partial charge < -0.3 is 15.0 Å². The van der Waals surface area contributed by atoms with Gasteiger partial charge in [-0.2, -0.15) is 18.4 Å². The Balaban J connectivity index is 1.93. The molecule has 1 fully saturated rings. The van der Waals surface area contributed by atoms with E-state index in [0.717, 1.165) is 28.2 Å². The summed E-state index contributed by atoms with van der Waals surface area (Å²) in [5.41, 5.74) is -4.09. The number of anilines is 2. The number of halogens is 4. The molecule has 0 aromatic heterocycles. The van der Waals surface area contributed by atoms with Crippen LogP contribution in [0.1, 0.15) is 61.0 Å². The minimum Gasteiger partial charge on any atom is -0.352 e. The van der Waals surface area contributed by atoms with Gasteiger partial charge in [0.05, 0.1) is 34.1 Å². The highest BCUT2D eigenvalue weighted by atomic mass is 32.1. The molecular formula is C26H24F4N4O3S. The topological polar surface area (TPSA) is 93.5 Å². The third-order valence-corrected chi connectivity index (χ3v) is 6.47. The van der Waals surface area contributed by atoms with Gasteiger partial charge in [0.2, 0.25) is 0 Å². The Morgan fingerprint density at radius 1 is 1.18 bits per heavy atom. The van der Waals surface area contributed by atoms with E-state index in [1.54, 1.807) is 0 Å². The summed E-state index contributed by atoms with van der Waals surface area (Å²) in [4.78, 5) is 38.4. The third kappa shape index (κ3) is 5.52. The van der Waals surface area contributed by atoms with E-state index in [0.29, 0.717) is 31.7 Å². The minimum atomic E-state index is -4.86. The number of amides is 2. The molecule has 1 saturated heterocycles. The van der Waals surface area contributed by atoms with Crippen LogP contribution in [0.3, 0.4) is 0 Å². The van der Waals surface area contributed by atoms with Gasteiger partial charge >= 0.3 is 6.18 Å². The van der Waals surface area contributed by atoms with Crippen molar-refractivity contribution in [3.05, 3.63) is 58.9 Å². The third-order valence-electron chi connectivity index (χ3n) is 6.10. The van der Waals surface area contributed by atoms with Crippen LogP contribution >= 0.6 is 12.2 Å². The Hall–Kier alpha value is -3.85. The van der Waals surface area contributed by atoms with E-state index in [4.69, 9.17) is 17.5 Å². The summed E-state index contributed by atoms with van der Waals surface area (Å²) in [5, 5.41) is 11.4. The van der Waals surface area contributed by atoms with Crippen molar-refractivity contribution < 1.29 is 31.9 Å². The van der Waals surface area contributed by atoms with Crippen molar-refractivity contribution >= 4 is 46.8 Å². The lowest BCUT2D eigenvalue weighted by Crippen LogP contribution is -2.45. The van der Waals surface area contributed by atoms with E-state index in [9.17, 15) is 27.6 Å². The molecule has 1 heterocycles. The summed E-state index contributed by atoms with van der Waals surface area (Å²) in [6, 6.07) is 8.22. The molecule has 7 nitrogen and oxygen atoms in total. The summed E-state index contributed by atoms with van der Waals surface area (Å²) in [6.07, 6.45) is -1.64. The van der Waals surface area contributed by atoms with Crippen LogP contribution in [0.25, 0.3) is 0 Å². The molecule has 0 aliphatic carbocycles. The summed E-state index contributed by atoms with van der Waals surface area (Å²) in [7, 11) is 0. The van der Waals surface area contributed by atoms with Gasteiger partial charge in [0.1, 0.15) is 11.8 Å². The first kappa shape index (κ1) is 28.7. The Morgan fingerprint density at radius 3 is 2.53 bits per heavy atom. The number of benzene rings is 2. The van der Waals surface area contributed by atoms with Crippen LogP contribution in [0.4, 0.5) is 28.9 Å². The molecule has 200 valence electrons. The maximum absolute atomic E-state index is 15.6. The molecule has 0 saturated carbocycles. The molecule has 2 aromatic carbocycles. The van der Waals surface area contributed by atoms with Crippen LogP contribution in [-0.2, 0) is 15.8 Å². The molecule has 0 spiro atoms. The first-order chi connectivity index (χ1) is 17.9. The van der Waals surface area contributed by atoms with Gasteiger partial charge in [-0.25, -0.2) is 4.39 Å². The van der Waals surface area contributed by atoms with Gasteiger partial charge in [-0.15, -0.1) is 0 Å². The van der Waals surface area contributed by atoms with Gasteiger partial charge in [-0.3, -0.25) is 14.5 Å². The van der Waals surface area contributed by atoms with Crippen LogP contribution in [0.5, 0.6) is 0 Å². The van der Waals surface area contributed by atoms with Crippen molar-refractivity contribution in [3.8, 4) is 6.07 Å². The summed E-state index contributed by atoms with van der Waals surface area (Å²) in [5.74, 6) is -2.36. The molecule has 1 aliphatic rings. The number of carbonyl (C=O) groups excluding carboxylic acids is 3. The SMILES string of the molecule is CC1(C)C(=O)N(c2ccc(C#N)c(C(F)(F)F)c2)C(=S)N1c1cccc(C(=O)NCCCCCC=O)c1F. The Morgan fingerprint density at radius 2 is 1.89 bits per heavy atom. The monoisotopic (exact) mass is 548 g/mol. The lowest BCUT2D eigenvalue weighted by atomic mass is 10.0. The number of hydrogen-bond acceptors (Lipinski definition) is 5. The average Bonchev–Trinajstić information content (AvgIpc) is 3.03. The molecule has 12 heteroatoms. The van der Waals surface area contributed by atoms with Crippen molar-refractivity contribution in [2.75, 3.05) is 16.3 Å². The molecule has 0 radical (unpaired) electrons. The number of alkyl halides is 3. The number of nitrogens with zero attached hydrogens (tertiary/aromatic N) is 3. The highest BCUT2D eigenvalue weighted by Gasteiger charge is 2.51. The molecule has 3 rings (SSSR count). The predicted molar refractivity (Wildman–Crippen MR) is 136 cm³/mol. The van der Waals surface area contributed by atoms with Crippen LogP contribution in [0.2, 0.25) is 0 Å². The van der Waals surface area contributed by atoms with Crippen molar-refractivity contribution in [1.82, 2.24) is 5.32 Å². The lowest BCUT2D eigenvalue weighted by Gasteiger charge is -2.30. The fourth-order valence-electron chi connectivity index (χ4n) is 4.12. The van der Waals surface area contributed by atoms with E-state index in [-0.39, 0.29) is 28.6 Å². The molecular weight excluding hydrogens is 524 g/mol. The van der Waals surface area contributed by atoms with Crippen LogP contribution in [0.15, 0.2) is 36.4 Å². The zero-order chi connectivity index (χ0) is 28.3. The number of aldehydes is 1. The molecule has 0 atom stereocenters. The summed E-state index contributed by atoms with van der Waals surface area (Å²) < 4.78 is 56.2. The number of nitriles is 1. The lowest BCUT2D eigenvalue weighted by molar-refractivity contribution is -0.137. The van der Waals surface area contributed by atoms with Gasteiger partial charge in [0.25, 0.3) is 11.8 Å². The normalized spacial score (nSPS) is 15.0. The first-order valence-corrected chi connectivity index (χ1v) is 12.1. The van der Waals surface area contributed by atoms with E-state index in [1.807, 2.05) is 0 Å². The Bertz CT molecular complexity index is 1320. The fourth-order valence-corrected chi connectivity index (χ4v) is 4.64. The Kier molecular flexibility index (Phi) is 8.51. The number of unbranched alkanes of at least 4 members (excludes halogenated alkanes) is 3. The number of hydrogen-bond donors (Lipinski definition) is 1. The molecule has 38 heavy (non-hydrogen) atoms. The van der Waals surface area contributed by atoms with Crippen LogP contribution < -0.4 is 15.1 Å². The number of thiocarbonyl (C=S) groups is 1. The van der Waals surface area contributed by atoms with Crippen molar-refractivity contribution in [3.63, 3.8) is 0 Å². The molecule has 2 aromatic rings. The van der Waals surface area contributed by atoms with Crippen molar-refractivity contribution in [2.24, 2.45) is 0 Å². The smallest absolute Gasteiger partial charge is 0.352 e. The molecule has 1 aliphatic heterocycles. The minimum absolute atomic E-state index is 0.195. The van der Waals surface area contributed by atoms with Gasteiger partial charge in [-0.1, -0.05) is 12.5 Å². The Labute approximate surface area is 222 Å². The zero-order valence-electron chi connectivity index (χ0n) is 20.6. The molecule has 2 amide bonds. The van der Waals surface area contributed by atoms with Gasteiger partial charge in [0.15, 0.2) is 10.9 Å². The molecule has 1 N–H and O–H groups in total. The second-order valence-electron chi connectivity index (χ2n) is 9.07. The van der Waals surface area contributed by atoms with Crippen LogP contribution in [-0.4, -0.2) is 35.3 Å². The van der Waals surface area contributed by atoms with Gasteiger partial charge in [-0.05, 0) is 69.2 Å². The van der Waals surface area contributed by atoms with E-state index in [2.05, 4.69) is 5.32 Å². The van der Waals surface area contributed by atoms with Crippen molar-refractivity contribution in [1.29, 1.82) is 5.26 Å². The second-order valence-corrected chi connectivity index (χ2v) is 9.43. The maximum atomic E-state index is 15.6. The number of rotatable bonds is 9. The van der Waals surface area contributed by atoms with E-state index in [1.165, 1.54) is 38.1 Å². The van der Waals surface area contributed by atoms with Crippen molar-refractivity contribution in [2.45, 2.75) is 51.2 Å². The highest BCUT2D eigenvalue weighted by Crippen LogP contribution is 2.40. The predicted octanol–water partition coefficient (Wildman–Crippen LogP) is 5.12. The van der Waals surface area contributed by atoms with E-state index < -0.39 is 40.5 Å². The van der Waals surface area contributed by atoms with Gasteiger partial charge in [0, 0.05) is 13.0 Å². The van der Waals surface area contributed by atoms with Crippen LogP contribution in [0, 0.1) is 17.1 Å².